The molecule has 0 saturated carbocycles. The van der Waals surface area contributed by atoms with Crippen molar-refractivity contribution < 1.29 is 33.7 Å². The Morgan fingerprint density at radius 3 is 2.44 bits per heavy atom. The average molecular weight is 440 g/mol. The van der Waals surface area contributed by atoms with Crippen LogP contribution in [0.15, 0.2) is 42.0 Å². The normalized spacial score (nSPS) is 15.0. The predicted octanol–water partition coefficient (Wildman–Crippen LogP) is 2.86. The van der Waals surface area contributed by atoms with Gasteiger partial charge in [-0.1, -0.05) is 19.1 Å². The predicted molar refractivity (Wildman–Crippen MR) is 116 cm³/mol. The van der Waals surface area contributed by atoms with Crippen LogP contribution in [-0.2, 0) is 16.1 Å². The fourth-order valence-corrected chi connectivity index (χ4v) is 3.11. The quantitative estimate of drug-likeness (QED) is 0.479. The van der Waals surface area contributed by atoms with Crippen molar-refractivity contribution >= 4 is 23.9 Å². The summed E-state index contributed by atoms with van der Waals surface area (Å²) in [5, 5.41) is 11.9. The maximum absolute atomic E-state index is 13.0. The van der Waals surface area contributed by atoms with Gasteiger partial charge < -0.3 is 19.3 Å². The summed E-state index contributed by atoms with van der Waals surface area (Å²) in [5.41, 5.74) is 0.855. The van der Waals surface area contributed by atoms with Gasteiger partial charge in [-0.3, -0.25) is 19.8 Å². The van der Waals surface area contributed by atoms with E-state index in [1.807, 2.05) is 6.92 Å². The third-order valence-corrected chi connectivity index (χ3v) is 4.73. The highest BCUT2D eigenvalue weighted by Gasteiger charge is 2.35. The summed E-state index contributed by atoms with van der Waals surface area (Å²) in [4.78, 5) is 38.6. The third-order valence-electron chi connectivity index (χ3n) is 4.73. The minimum Gasteiger partial charge on any atom is -0.504 e. The number of ether oxygens (including phenoxy) is 3. The summed E-state index contributed by atoms with van der Waals surface area (Å²) in [5.74, 6) is -0.395. The van der Waals surface area contributed by atoms with E-state index in [1.54, 1.807) is 18.2 Å². The van der Waals surface area contributed by atoms with Crippen LogP contribution >= 0.6 is 0 Å². The zero-order valence-electron chi connectivity index (χ0n) is 18.0. The van der Waals surface area contributed by atoms with Gasteiger partial charge in [0.05, 0.1) is 27.4 Å². The monoisotopic (exact) mass is 440 g/mol. The lowest BCUT2D eigenvalue weighted by atomic mass is 10.1. The van der Waals surface area contributed by atoms with Crippen LogP contribution in [0.5, 0.6) is 23.0 Å². The first-order valence-corrected chi connectivity index (χ1v) is 9.93. The van der Waals surface area contributed by atoms with Gasteiger partial charge in [0.1, 0.15) is 5.57 Å². The highest BCUT2D eigenvalue weighted by molar-refractivity contribution is 6.30. The molecule has 9 heteroatoms. The average Bonchev–Trinajstić information content (AvgIpc) is 2.79. The number of benzene rings is 2. The van der Waals surface area contributed by atoms with Crippen LogP contribution < -0.4 is 19.5 Å². The summed E-state index contributed by atoms with van der Waals surface area (Å²) < 4.78 is 16.0. The Bertz CT molecular complexity index is 1080. The zero-order chi connectivity index (χ0) is 23.3. The van der Waals surface area contributed by atoms with Gasteiger partial charge in [0.2, 0.25) is 0 Å². The van der Waals surface area contributed by atoms with Crippen molar-refractivity contribution in [2.24, 2.45) is 0 Å². The van der Waals surface area contributed by atoms with E-state index in [1.165, 1.54) is 38.5 Å². The zero-order valence-corrected chi connectivity index (χ0v) is 18.0. The smallest absolute Gasteiger partial charge is 0.331 e. The van der Waals surface area contributed by atoms with Gasteiger partial charge >= 0.3 is 6.03 Å². The minimum absolute atomic E-state index is 0.0708. The fourth-order valence-electron chi connectivity index (χ4n) is 3.11. The number of amides is 4. The molecule has 2 aromatic rings. The molecule has 0 spiro atoms. The van der Waals surface area contributed by atoms with Crippen LogP contribution in [0.25, 0.3) is 6.08 Å². The Hall–Kier alpha value is -4.01. The number of phenolic OH excluding ortho intramolecular Hbond substituents is 1. The molecule has 0 atom stereocenters. The van der Waals surface area contributed by atoms with Gasteiger partial charge in [0.25, 0.3) is 11.8 Å². The van der Waals surface area contributed by atoms with Crippen molar-refractivity contribution in [3.8, 4) is 23.0 Å². The molecule has 0 aliphatic carbocycles. The van der Waals surface area contributed by atoms with Crippen LogP contribution in [0.3, 0.4) is 0 Å². The number of rotatable bonds is 8. The van der Waals surface area contributed by atoms with Crippen molar-refractivity contribution in [3.05, 3.63) is 53.1 Å². The number of barbiturate groups is 1. The summed E-state index contributed by atoms with van der Waals surface area (Å²) in [6.45, 7) is 2.45. The van der Waals surface area contributed by atoms with E-state index < -0.39 is 17.8 Å². The lowest BCUT2D eigenvalue weighted by Gasteiger charge is -2.26. The molecule has 1 aliphatic heterocycles. The Kier molecular flexibility index (Phi) is 6.99. The second-order valence-corrected chi connectivity index (χ2v) is 6.97. The van der Waals surface area contributed by atoms with Crippen LogP contribution in [0.4, 0.5) is 4.79 Å². The summed E-state index contributed by atoms with van der Waals surface area (Å²) >= 11 is 0. The number of urea groups is 1. The molecule has 2 N–H and O–H groups in total. The number of methoxy groups -OCH3 is 2. The fraction of sp³-hybridized carbons (Fsp3) is 0.261. The number of phenols is 1. The van der Waals surface area contributed by atoms with Crippen LogP contribution in [0.1, 0.15) is 24.5 Å². The van der Waals surface area contributed by atoms with Gasteiger partial charge in [0.15, 0.2) is 23.0 Å². The Labute approximate surface area is 185 Å². The number of aromatic hydroxyl groups is 1. The highest BCUT2D eigenvalue weighted by atomic mass is 16.5. The maximum Gasteiger partial charge on any atom is 0.331 e. The molecule has 3 rings (SSSR count). The number of carbonyl (C=O) groups is 3. The molecule has 9 nitrogen and oxygen atoms in total. The topological polar surface area (TPSA) is 114 Å². The Morgan fingerprint density at radius 1 is 1.00 bits per heavy atom. The number of nitrogens with zero attached hydrogens (tertiary/aromatic N) is 1. The van der Waals surface area contributed by atoms with E-state index in [4.69, 9.17) is 14.2 Å². The molecular formula is C23H24N2O7. The van der Waals surface area contributed by atoms with E-state index in [0.29, 0.717) is 29.2 Å². The van der Waals surface area contributed by atoms with E-state index in [9.17, 15) is 19.5 Å². The van der Waals surface area contributed by atoms with Crippen molar-refractivity contribution in [2.45, 2.75) is 19.9 Å². The molecule has 1 aliphatic rings. The summed E-state index contributed by atoms with van der Waals surface area (Å²) in [6, 6.07) is 8.67. The first-order valence-electron chi connectivity index (χ1n) is 9.93. The van der Waals surface area contributed by atoms with E-state index >= 15 is 0 Å². The second-order valence-electron chi connectivity index (χ2n) is 6.97. The van der Waals surface area contributed by atoms with Crippen LogP contribution in [0.2, 0.25) is 0 Å². The number of hydrogen-bond acceptors (Lipinski definition) is 7. The molecule has 168 valence electrons. The Morgan fingerprint density at radius 2 is 1.75 bits per heavy atom. The molecule has 1 saturated heterocycles. The van der Waals surface area contributed by atoms with E-state index in [0.717, 1.165) is 11.3 Å². The number of carbonyl (C=O) groups excluding carboxylic acids is 3. The van der Waals surface area contributed by atoms with Crippen molar-refractivity contribution in [1.29, 1.82) is 0 Å². The molecule has 0 bridgehead atoms. The van der Waals surface area contributed by atoms with Gasteiger partial charge in [-0.05, 0) is 47.9 Å². The number of hydrogen-bond donors (Lipinski definition) is 2. The molecule has 4 amide bonds. The lowest BCUT2D eigenvalue weighted by molar-refractivity contribution is -0.130. The largest absolute Gasteiger partial charge is 0.504 e. The minimum atomic E-state index is -0.814. The van der Waals surface area contributed by atoms with Gasteiger partial charge in [-0.15, -0.1) is 0 Å². The van der Waals surface area contributed by atoms with E-state index in [-0.39, 0.29) is 23.6 Å². The van der Waals surface area contributed by atoms with Crippen LogP contribution in [0, 0.1) is 0 Å². The molecule has 0 radical (unpaired) electrons. The molecular weight excluding hydrogens is 416 g/mol. The van der Waals surface area contributed by atoms with E-state index in [2.05, 4.69) is 5.32 Å². The van der Waals surface area contributed by atoms with Crippen molar-refractivity contribution in [1.82, 2.24) is 10.2 Å². The molecule has 1 fully saturated rings. The summed E-state index contributed by atoms with van der Waals surface area (Å²) in [6.07, 6.45) is 2.17. The molecule has 32 heavy (non-hydrogen) atoms. The van der Waals surface area contributed by atoms with Gasteiger partial charge in [-0.25, -0.2) is 4.79 Å². The highest BCUT2D eigenvalue weighted by Crippen LogP contribution is 2.30. The third kappa shape index (κ3) is 4.83. The lowest BCUT2D eigenvalue weighted by Crippen LogP contribution is -2.53. The van der Waals surface area contributed by atoms with Crippen molar-refractivity contribution in [3.63, 3.8) is 0 Å². The maximum atomic E-state index is 13.0. The Balaban J connectivity index is 1.87. The van der Waals surface area contributed by atoms with Gasteiger partial charge in [-0.2, -0.15) is 0 Å². The first kappa shape index (κ1) is 22.7. The number of nitrogens with one attached hydrogen (secondary N) is 1. The molecule has 1 heterocycles. The van der Waals surface area contributed by atoms with Gasteiger partial charge in [0, 0.05) is 0 Å². The second kappa shape index (κ2) is 9.86. The van der Waals surface area contributed by atoms with Crippen molar-refractivity contribution in [2.75, 3.05) is 20.8 Å². The molecule has 0 aromatic heterocycles. The first-order chi connectivity index (χ1) is 15.4. The SMILES string of the molecule is CCCOc1ccc(CN2C(=O)NC(=O)/C(=C\c3ccc(O)c(OC)c3)C2=O)cc1OC. The standard InChI is InChI=1S/C23H24N2O7/c1-4-9-32-18-8-6-15(12-20(18)31-3)13-25-22(28)16(21(27)24-23(25)29)10-14-5-7-17(26)19(11-14)30-2/h5-8,10-12,26H,4,9,13H2,1-3H3,(H,24,27,29)/b16-10+. The summed E-state index contributed by atoms with van der Waals surface area (Å²) in [7, 11) is 2.89. The molecule has 0 unspecified atom stereocenters. The molecule has 2 aromatic carbocycles. The number of imide groups is 2. The van der Waals surface area contributed by atoms with Crippen LogP contribution in [-0.4, -0.2) is 48.7 Å².